The molecule has 4 amide bonds. The fourth-order valence-corrected chi connectivity index (χ4v) is 0.918. The van der Waals surface area contributed by atoms with Gasteiger partial charge in [0.25, 0.3) is 0 Å². The van der Waals surface area contributed by atoms with Gasteiger partial charge in [-0.3, -0.25) is 0 Å². The van der Waals surface area contributed by atoms with E-state index in [9.17, 15) is 9.59 Å². The molecule has 0 heterocycles. The number of carbonyl (C=O) groups is 2. The Balaban J connectivity index is 4.47. The van der Waals surface area contributed by atoms with Crippen LogP contribution in [0.25, 0.3) is 0 Å². The maximum absolute atomic E-state index is 11.6. The topological polar surface area (TPSA) is 52.4 Å². The van der Waals surface area contributed by atoms with Crippen molar-refractivity contribution in [2.24, 2.45) is 0 Å². The highest BCUT2D eigenvalue weighted by atomic mass is 16.2. The van der Waals surface area contributed by atoms with Crippen LogP contribution in [0.5, 0.6) is 0 Å². The summed E-state index contributed by atoms with van der Waals surface area (Å²) in [7, 11) is 0. The van der Waals surface area contributed by atoms with Crippen LogP contribution in [-0.4, -0.2) is 47.9 Å². The Morgan fingerprint density at radius 3 is 2.29 bits per heavy atom. The average molecular weight is 200 g/mol. The molecule has 80 valence electrons. The van der Waals surface area contributed by atoms with Crippen LogP contribution < -0.4 is 5.32 Å². The van der Waals surface area contributed by atoms with E-state index in [4.69, 9.17) is 0 Å². The number of hydrogen-bond acceptors (Lipinski definition) is 2. The molecule has 0 fully saturated rings. The van der Waals surface area contributed by atoms with Crippen molar-refractivity contribution >= 4 is 18.8 Å². The standard InChI is InChI=1S/C9H17N3O2/c1-5-10-8(13)12(7-3)9(14)11(4)6-2/h4-7H2,1-3H3/p+1. The number of amides is 4. The Morgan fingerprint density at radius 2 is 1.93 bits per heavy atom. The highest BCUT2D eigenvalue weighted by Gasteiger charge is 2.29. The largest absolute Gasteiger partial charge is 0.501 e. The Kier molecular flexibility index (Phi) is 5.52. The summed E-state index contributed by atoms with van der Waals surface area (Å²) in [4.78, 5) is 24.1. The minimum atomic E-state index is -0.374. The second-order valence-electron chi connectivity index (χ2n) is 2.72. The zero-order valence-electron chi connectivity index (χ0n) is 9.04. The third-order valence-electron chi connectivity index (χ3n) is 1.77. The molecule has 0 saturated heterocycles. The van der Waals surface area contributed by atoms with Crippen LogP contribution in [0, 0.1) is 0 Å². The predicted octanol–water partition coefficient (Wildman–Crippen LogP) is 0.891. The van der Waals surface area contributed by atoms with Gasteiger partial charge in [-0.15, -0.1) is 4.90 Å². The molecule has 0 aromatic heterocycles. The number of nitrogens with one attached hydrogen (secondary N) is 1. The van der Waals surface area contributed by atoms with Gasteiger partial charge in [0.05, 0.1) is 19.8 Å². The molecule has 0 aromatic carbocycles. The van der Waals surface area contributed by atoms with Gasteiger partial charge in [0.15, 0.2) is 0 Å². The summed E-state index contributed by atoms with van der Waals surface area (Å²) >= 11 is 0. The van der Waals surface area contributed by atoms with Gasteiger partial charge in [-0.1, -0.05) is 0 Å². The Hall–Kier alpha value is -1.39. The lowest BCUT2D eigenvalue weighted by Crippen LogP contribution is -2.46. The van der Waals surface area contributed by atoms with Crippen LogP contribution in [0.15, 0.2) is 0 Å². The van der Waals surface area contributed by atoms with E-state index in [1.54, 1.807) is 20.8 Å². The van der Waals surface area contributed by atoms with Gasteiger partial charge in [0.1, 0.15) is 0 Å². The quantitative estimate of drug-likeness (QED) is 0.543. The van der Waals surface area contributed by atoms with E-state index >= 15 is 0 Å². The van der Waals surface area contributed by atoms with Gasteiger partial charge in [-0.05, 0) is 20.8 Å². The van der Waals surface area contributed by atoms with Crippen molar-refractivity contribution in [2.75, 3.05) is 19.6 Å². The Morgan fingerprint density at radius 1 is 1.36 bits per heavy atom. The molecule has 14 heavy (non-hydrogen) atoms. The van der Waals surface area contributed by atoms with Gasteiger partial charge in [0.2, 0.25) is 0 Å². The third-order valence-corrected chi connectivity index (χ3v) is 1.77. The van der Waals surface area contributed by atoms with Crippen molar-refractivity contribution in [1.82, 2.24) is 10.2 Å². The van der Waals surface area contributed by atoms with Crippen LogP contribution in [0.3, 0.4) is 0 Å². The number of nitrogens with zero attached hydrogens (tertiary/aromatic N) is 2. The van der Waals surface area contributed by atoms with Crippen LogP contribution in [0.2, 0.25) is 0 Å². The lowest BCUT2D eigenvalue weighted by atomic mass is 10.5. The number of hydrogen-bond donors (Lipinski definition) is 1. The molecule has 0 rings (SSSR count). The molecule has 5 heteroatoms. The second-order valence-corrected chi connectivity index (χ2v) is 2.72. The van der Waals surface area contributed by atoms with Gasteiger partial charge < -0.3 is 5.32 Å². The van der Waals surface area contributed by atoms with Crippen LogP contribution in [0.4, 0.5) is 9.59 Å². The Bertz CT molecular complexity index is 238. The zero-order chi connectivity index (χ0) is 11.1. The molecule has 0 aliphatic carbocycles. The first-order valence-corrected chi connectivity index (χ1v) is 4.75. The van der Waals surface area contributed by atoms with Gasteiger partial charge in [0, 0.05) is 6.54 Å². The average Bonchev–Trinajstić information content (AvgIpc) is 2.18. The SMILES string of the molecule is C=[N+](CC)C(=O)N(CC)C(=O)NCC. The molecular formula is C9H18N3O2+. The summed E-state index contributed by atoms with van der Waals surface area (Å²) in [6.45, 7) is 10.2. The van der Waals surface area contributed by atoms with Gasteiger partial charge in [-0.2, -0.15) is 4.79 Å². The summed E-state index contributed by atoms with van der Waals surface area (Å²) in [5.41, 5.74) is 0. The van der Waals surface area contributed by atoms with Crippen molar-refractivity contribution in [1.29, 1.82) is 0 Å². The first-order valence-electron chi connectivity index (χ1n) is 4.75. The number of carbonyl (C=O) groups excluding carboxylic acids is 2. The molecule has 0 aromatic rings. The second kappa shape index (κ2) is 6.12. The van der Waals surface area contributed by atoms with E-state index in [2.05, 4.69) is 12.0 Å². The predicted molar refractivity (Wildman–Crippen MR) is 54.8 cm³/mol. The van der Waals surface area contributed by atoms with Crippen molar-refractivity contribution < 1.29 is 14.2 Å². The molecule has 0 radical (unpaired) electrons. The molecule has 0 aliphatic rings. The van der Waals surface area contributed by atoms with E-state index in [1.165, 1.54) is 4.58 Å². The first-order chi connectivity index (χ1) is 6.58. The maximum Gasteiger partial charge on any atom is 0.501 e. The summed E-state index contributed by atoms with van der Waals surface area (Å²) in [6.07, 6.45) is 0. The fourth-order valence-electron chi connectivity index (χ4n) is 0.918. The fraction of sp³-hybridized carbons (Fsp3) is 0.667. The van der Waals surface area contributed by atoms with E-state index in [0.717, 1.165) is 4.90 Å². The minimum absolute atomic E-state index is 0.344. The molecule has 0 bridgehead atoms. The van der Waals surface area contributed by atoms with Crippen LogP contribution >= 0.6 is 0 Å². The van der Waals surface area contributed by atoms with Crippen molar-refractivity contribution in [3.05, 3.63) is 0 Å². The molecule has 5 nitrogen and oxygen atoms in total. The van der Waals surface area contributed by atoms with Crippen molar-refractivity contribution in [3.63, 3.8) is 0 Å². The number of rotatable bonds is 3. The van der Waals surface area contributed by atoms with Crippen LogP contribution in [-0.2, 0) is 0 Å². The van der Waals surface area contributed by atoms with Crippen LogP contribution in [0.1, 0.15) is 20.8 Å². The zero-order valence-corrected chi connectivity index (χ0v) is 9.04. The smallest absolute Gasteiger partial charge is 0.318 e. The molecule has 0 saturated carbocycles. The summed E-state index contributed by atoms with van der Waals surface area (Å²) in [5, 5.41) is 2.57. The Labute approximate surface area is 84.4 Å². The number of imide groups is 1. The third kappa shape index (κ3) is 3.16. The highest BCUT2D eigenvalue weighted by Crippen LogP contribution is 1.93. The van der Waals surface area contributed by atoms with Gasteiger partial charge >= 0.3 is 12.1 Å². The molecule has 0 atom stereocenters. The van der Waals surface area contributed by atoms with E-state index in [1.807, 2.05) is 0 Å². The van der Waals surface area contributed by atoms with Gasteiger partial charge in [-0.25, -0.2) is 9.37 Å². The first kappa shape index (κ1) is 12.6. The monoisotopic (exact) mass is 200 g/mol. The molecular weight excluding hydrogens is 182 g/mol. The van der Waals surface area contributed by atoms with Crippen molar-refractivity contribution in [3.8, 4) is 0 Å². The molecule has 0 unspecified atom stereocenters. The summed E-state index contributed by atoms with van der Waals surface area (Å²) in [6, 6.07) is -0.747. The summed E-state index contributed by atoms with van der Waals surface area (Å²) in [5.74, 6) is 0. The van der Waals surface area contributed by atoms with Crippen molar-refractivity contribution in [2.45, 2.75) is 20.8 Å². The van der Waals surface area contributed by atoms with E-state index < -0.39 is 0 Å². The lowest BCUT2D eigenvalue weighted by molar-refractivity contribution is -0.421. The van der Waals surface area contributed by atoms with E-state index in [-0.39, 0.29) is 12.1 Å². The maximum atomic E-state index is 11.6. The molecule has 0 spiro atoms. The van der Waals surface area contributed by atoms with E-state index in [0.29, 0.717) is 19.6 Å². The minimum Gasteiger partial charge on any atom is -0.318 e. The highest BCUT2D eigenvalue weighted by molar-refractivity contribution is 5.90. The normalized spacial score (nSPS) is 9.36. The number of urea groups is 2. The molecule has 0 aliphatic heterocycles. The molecule has 1 N–H and O–H groups in total. The lowest BCUT2D eigenvalue weighted by Gasteiger charge is -2.11. The summed E-state index contributed by atoms with van der Waals surface area (Å²) < 4.78 is 1.25.